The van der Waals surface area contributed by atoms with Crippen molar-refractivity contribution in [1.29, 1.82) is 0 Å². The molecule has 0 spiro atoms. The van der Waals surface area contributed by atoms with Crippen molar-refractivity contribution in [3.05, 3.63) is 79.4 Å². The van der Waals surface area contributed by atoms with Gasteiger partial charge in [0.05, 0.1) is 17.6 Å². The van der Waals surface area contributed by atoms with Gasteiger partial charge in [0, 0.05) is 30.2 Å². The lowest BCUT2D eigenvalue weighted by Crippen LogP contribution is -2.20. The molecule has 0 aliphatic carbocycles. The Kier molecular flexibility index (Phi) is 4.26. The number of amides is 1. The lowest BCUT2D eigenvalue weighted by Gasteiger charge is -2.09. The van der Waals surface area contributed by atoms with Gasteiger partial charge in [-0.25, -0.2) is 4.68 Å². The summed E-state index contributed by atoms with van der Waals surface area (Å²) in [6.07, 6.45) is 6.88. The minimum atomic E-state index is -0.177. The van der Waals surface area contributed by atoms with Crippen molar-refractivity contribution in [3.63, 3.8) is 0 Å². The Bertz CT molecular complexity index is 1010. The first-order chi connectivity index (χ1) is 12.8. The molecule has 0 unspecified atom stereocenters. The van der Waals surface area contributed by atoms with Gasteiger partial charge in [0.15, 0.2) is 0 Å². The third-order valence-corrected chi connectivity index (χ3v) is 3.81. The minimum absolute atomic E-state index is 0.111. The fourth-order valence-electron chi connectivity index (χ4n) is 2.62. The molecule has 128 valence electrons. The molecular weight excluding hydrogens is 328 g/mol. The highest BCUT2D eigenvalue weighted by atomic mass is 16.2. The molecular formula is C19H16N6O. The Labute approximate surface area is 149 Å². The van der Waals surface area contributed by atoms with Gasteiger partial charge in [-0.3, -0.25) is 14.5 Å². The molecule has 26 heavy (non-hydrogen) atoms. The van der Waals surface area contributed by atoms with Crippen LogP contribution in [0.1, 0.15) is 0 Å². The molecule has 1 amide bonds. The molecule has 7 nitrogen and oxygen atoms in total. The highest BCUT2D eigenvalue weighted by Gasteiger charge is 2.10. The molecule has 0 aliphatic rings. The first-order valence-corrected chi connectivity index (χ1v) is 8.13. The van der Waals surface area contributed by atoms with E-state index in [9.17, 15) is 4.79 Å². The summed E-state index contributed by atoms with van der Waals surface area (Å²) < 4.78 is 3.28. The van der Waals surface area contributed by atoms with Gasteiger partial charge in [-0.2, -0.15) is 10.2 Å². The number of hydrogen-bond donors (Lipinski definition) is 1. The smallest absolute Gasteiger partial charge is 0.247 e. The van der Waals surface area contributed by atoms with Gasteiger partial charge in [-0.05, 0) is 30.3 Å². The van der Waals surface area contributed by atoms with E-state index in [4.69, 9.17) is 0 Å². The van der Waals surface area contributed by atoms with Crippen LogP contribution in [0.4, 0.5) is 5.82 Å². The van der Waals surface area contributed by atoms with Gasteiger partial charge in [0.2, 0.25) is 5.91 Å². The van der Waals surface area contributed by atoms with Crippen molar-refractivity contribution in [2.24, 2.45) is 0 Å². The summed E-state index contributed by atoms with van der Waals surface area (Å²) in [4.78, 5) is 16.5. The van der Waals surface area contributed by atoms with Crippen LogP contribution < -0.4 is 5.32 Å². The van der Waals surface area contributed by atoms with Crippen molar-refractivity contribution >= 4 is 11.7 Å². The molecule has 1 aromatic carbocycles. The van der Waals surface area contributed by atoms with Crippen molar-refractivity contribution in [1.82, 2.24) is 24.5 Å². The first kappa shape index (κ1) is 15.8. The van der Waals surface area contributed by atoms with Crippen molar-refractivity contribution < 1.29 is 4.79 Å². The Hall–Kier alpha value is -3.74. The Morgan fingerprint density at radius 2 is 1.88 bits per heavy atom. The van der Waals surface area contributed by atoms with Crippen LogP contribution in [0.3, 0.4) is 0 Å². The van der Waals surface area contributed by atoms with Crippen molar-refractivity contribution in [3.8, 4) is 16.9 Å². The topological polar surface area (TPSA) is 77.6 Å². The van der Waals surface area contributed by atoms with E-state index in [1.54, 1.807) is 40.2 Å². The van der Waals surface area contributed by atoms with E-state index in [0.717, 1.165) is 16.9 Å². The average Bonchev–Trinajstić information content (AvgIpc) is 3.33. The second kappa shape index (κ2) is 7.02. The molecule has 0 radical (unpaired) electrons. The molecule has 0 atom stereocenters. The predicted octanol–water partition coefficient (Wildman–Crippen LogP) is 2.77. The monoisotopic (exact) mass is 344 g/mol. The number of anilines is 1. The second-order valence-electron chi connectivity index (χ2n) is 5.65. The standard InChI is InChI=1S/C19H16N6O/c26-19(14-24-12-9-17(23-24)15-5-4-10-20-13-15)22-18-8-11-21-25(18)16-6-2-1-3-7-16/h1-13H,14H2,(H,22,26). The second-order valence-corrected chi connectivity index (χ2v) is 5.65. The van der Waals surface area contributed by atoms with Crippen LogP contribution in [0.5, 0.6) is 0 Å². The van der Waals surface area contributed by atoms with E-state index in [0.29, 0.717) is 5.82 Å². The predicted molar refractivity (Wildman–Crippen MR) is 97.7 cm³/mol. The van der Waals surface area contributed by atoms with Crippen LogP contribution in [-0.2, 0) is 11.3 Å². The van der Waals surface area contributed by atoms with E-state index < -0.39 is 0 Å². The van der Waals surface area contributed by atoms with Gasteiger partial charge in [0.1, 0.15) is 12.4 Å². The Morgan fingerprint density at radius 3 is 2.69 bits per heavy atom. The van der Waals surface area contributed by atoms with Gasteiger partial charge in [-0.1, -0.05) is 18.2 Å². The summed E-state index contributed by atoms with van der Waals surface area (Å²) in [6.45, 7) is 0.111. The maximum absolute atomic E-state index is 12.4. The number of pyridine rings is 1. The maximum Gasteiger partial charge on any atom is 0.247 e. The number of nitrogens with one attached hydrogen (secondary N) is 1. The fourth-order valence-corrected chi connectivity index (χ4v) is 2.62. The van der Waals surface area contributed by atoms with Crippen LogP contribution >= 0.6 is 0 Å². The molecule has 0 bridgehead atoms. The molecule has 4 rings (SSSR count). The van der Waals surface area contributed by atoms with Crippen LogP contribution in [0, 0.1) is 0 Å². The summed E-state index contributed by atoms with van der Waals surface area (Å²) >= 11 is 0. The van der Waals surface area contributed by atoms with E-state index >= 15 is 0 Å². The highest BCUT2D eigenvalue weighted by Crippen LogP contribution is 2.16. The zero-order valence-electron chi connectivity index (χ0n) is 13.9. The summed E-state index contributed by atoms with van der Waals surface area (Å²) in [5, 5.41) is 11.6. The number of carbonyl (C=O) groups is 1. The van der Waals surface area contributed by atoms with Crippen LogP contribution in [0.25, 0.3) is 16.9 Å². The summed E-state index contributed by atoms with van der Waals surface area (Å²) in [5.74, 6) is 0.435. The average molecular weight is 344 g/mol. The molecule has 1 N–H and O–H groups in total. The summed E-state index contributed by atoms with van der Waals surface area (Å²) in [7, 11) is 0. The fraction of sp³-hybridized carbons (Fsp3) is 0.0526. The van der Waals surface area contributed by atoms with E-state index in [-0.39, 0.29) is 12.5 Å². The van der Waals surface area contributed by atoms with E-state index in [2.05, 4.69) is 20.5 Å². The summed E-state index contributed by atoms with van der Waals surface area (Å²) in [5.41, 5.74) is 2.57. The zero-order chi connectivity index (χ0) is 17.8. The van der Waals surface area contributed by atoms with Gasteiger partial charge in [-0.15, -0.1) is 0 Å². The quantitative estimate of drug-likeness (QED) is 0.604. The third kappa shape index (κ3) is 3.36. The number of nitrogens with zero attached hydrogens (tertiary/aromatic N) is 5. The summed E-state index contributed by atoms with van der Waals surface area (Å²) in [6, 6.07) is 17.0. The van der Waals surface area contributed by atoms with Crippen LogP contribution in [0.15, 0.2) is 79.4 Å². The van der Waals surface area contributed by atoms with Gasteiger partial charge < -0.3 is 5.32 Å². The Morgan fingerprint density at radius 1 is 1.00 bits per heavy atom. The first-order valence-electron chi connectivity index (χ1n) is 8.13. The highest BCUT2D eigenvalue weighted by molar-refractivity contribution is 5.89. The van der Waals surface area contributed by atoms with Crippen LogP contribution in [-0.4, -0.2) is 30.5 Å². The number of para-hydroxylation sites is 1. The van der Waals surface area contributed by atoms with E-state index in [1.807, 2.05) is 48.5 Å². The Balaban J connectivity index is 1.46. The molecule has 4 aromatic rings. The molecule has 0 saturated carbocycles. The molecule has 0 fully saturated rings. The molecule has 7 heteroatoms. The molecule has 3 heterocycles. The van der Waals surface area contributed by atoms with Crippen molar-refractivity contribution in [2.45, 2.75) is 6.54 Å². The maximum atomic E-state index is 12.4. The largest absolute Gasteiger partial charge is 0.309 e. The lowest BCUT2D eigenvalue weighted by molar-refractivity contribution is -0.116. The normalized spacial score (nSPS) is 10.6. The number of aromatic nitrogens is 5. The van der Waals surface area contributed by atoms with Crippen LogP contribution in [0.2, 0.25) is 0 Å². The number of carbonyl (C=O) groups excluding carboxylic acids is 1. The van der Waals surface area contributed by atoms with Gasteiger partial charge in [0.25, 0.3) is 0 Å². The van der Waals surface area contributed by atoms with E-state index in [1.165, 1.54) is 0 Å². The number of rotatable bonds is 5. The number of benzene rings is 1. The lowest BCUT2D eigenvalue weighted by atomic mass is 10.2. The molecule has 3 aromatic heterocycles. The minimum Gasteiger partial charge on any atom is -0.309 e. The molecule has 0 saturated heterocycles. The SMILES string of the molecule is O=C(Cn1ccc(-c2cccnc2)n1)Nc1ccnn1-c1ccccc1. The molecule has 0 aliphatic heterocycles. The number of hydrogen-bond acceptors (Lipinski definition) is 4. The third-order valence-electron chi connectivity index (χ3n) is 3.81. The van der Waals surface area contributed by atoms with Crippen molar-refractivity contribution in [2.75, 3.05) is 5.32 Å². The van der Waals surface area contributed by atoms with Gasteiger partial charge >= 0.3 is 0 Å². The zero-order valence-corrected chi connectivity index (χ0v) is 13.9.